The van der Waals surface area contributed by atoms with Crippen molar-refractivity contribution in [2.45, 2.75) is 46.5 Å². The van der Waals surface area contributed by atoms with Crippen LogP contribution in [0.4, 0.5) is 0 Å². The molecule has 0 saturated carbocycles. The van der Waals surface area contributed by atoms with Gasteiger partial charge in [-0.15, -0.1) is 0 Å². The van der Waals surface area contributed by atoms with Gasteiger partial charge in [-0.3, -0.25) is 0 Å². The summed E-state index contributed by atoms with van der Waals surface area (Å²) < 4.78 is 37.2. The maximum Gasteiger partial charge on any atom is 0.333 e. The Morgan fingerprint density at radius 2 is 1.87 bits per heavy atom. The highest BCUT2D eigenvalue weighted by Crippen LogP contribution is 2.03. The average Bonchev–Trinajstić information content (AvgIpc) is 2.45. The zero-order valence-electron chi connectivity index (χ0n) is 14.6. The number of quaternary nitrogens is 1. The molecule has 0 heterocycles. The third kappa shape index (κ3) is 13.2. The molecule has 0 rings (SSSR count). The Bertz CT molecular complexity index is 461. The van der Waals surface area contributed by atoms with Crippen molar-refractivity contribution in [1.29, 1.82) is 0 Å². The van der Waals surface area contributed by atoms with Gasteiger partial charge in [0.15, 0.2) is 0 Å². The van der Waals surface area contributed by atoms with Crippen LogP contribution in [-0.2, 0) is 19.6 Å². The van der Waals surface area contributed by atoms with E-state index in [0.717, 1.165) is 32.4 Å². The second kappa shape index (κ2) is 11.6. The molecule has 0 amide bonds. The van der Waals surface area contributed by atoms with E-state index < -0.39 is 10.1 Å². The van der Waals surface area contributed by atoms with Gasteiger partial charge in [0.05, 0.1) is 36.4 Å². The van der Waals surface area contributed by atoms with Gasteiger partial charge in [0.1, 0.15) is 0 Å². The Labute approximate surface area is 140 Å². The van der Waals surface area contributed by atoms with Crippen molar-refractivity contribution >= 4 is 16.1 Å². The summed E-state index contributed by atoms with van der Waals surface area (Å²) in [6.45, 7) is 12.2. The van der Waals surface area contributed by atoms with Crippen LogP contribution in [0.25, 0.3) is 0 Å². The monoisotopic (exact) mass is 349 g/mol. The largest absolute Gasteiger partial charge is 0.748 e. The summed E-state index contributed by atoms with van der Waals surface area (Å²) >= 11 is 0. The van der Waals surface area contributed by atoms with Crippen molar-refractivity contribution in [2.75, 3.05) is 32.0 Å². The van der Waals surface area contributed by atoms with Crippen LogP contribution in [0, 0.1) is 5.92 Å². The molecule has 0 aliphatic heterocycles. The number of carbonyl (C=O) groups is 1. The quantitative estimate of drug-likeness (QED) is 0.301. The zero-order chi connectivity index (χ0) is 17.9. The molecule has 136 valence electrons. The fourth-order valence-electron chi connectivity index (χ4n) is 2.18. The van der Waals surface area contributed by atoms with E-state index in [0.29, 0.717) is 25.1 Å². The molecule has 0 aliphatic rings. The number of nitrogens with one attached hydrogen (secondary N) is 1. The van der Waals surface area contributed by atoms with Gasteiger partial charge < -0.3 is 14.2 Å². The van der Waals surface area contributed by atoms with Gasteiger partial charge in [-0.1, -0.05) is 26.8 Å². The van der Waals surface area contributed by atoms with E-state index in [4.69, 9.17) is 4.74 Å². The van der Waals surface area contributed by atoms with Crippen LogP contribution in [0.2, 0.25) is 0 Å². The van der Waals surface area contributed by atoms with E-state index in [9.17, 15) is 17.8 Å². The first-order valence-corrected chi connectivity index (χ1v) is 9.83. The molecule has 7 heteroatoms. The lowest BCUT2D eigenvalue weighted by molar-refractivity contribution is -0.900. The minimum absolute atomic E-state index is 0.234. The second-order valence-electron chi connectivity index (χ2n) is 6.24. The van der Waals surface area contributed by atoms with Crippen LogP contribution in [0.15, 0.2) is 12.2 Å². The van der Waals surface area contributed by atoms with Crippen molar-refractivity contribution in [1.82, 2.24) is 0 Å². The van der Waals surface area contributed by atoms with Gasteiger partial charge in [-0.05, 0) is 19.3 Å². The molecule has 0 aliphatic carbocycles. The van der Waals surface area contributed by atoms with Crippen LogP contribution >= 0.6 is 0 Å². The Kier molecular flexibility index (Phi) is 11.1. The predicted octanol–water partition coefficient (Wildman–Crippen LogP) is 0.752. The number of ether oxygens (including phenoxy) is 1. The number of hydrogen-bond acceptors (Lipinski definition) is 5. The Balaban J connectivity index is 4.16. The van der Waals surface area contributed by atoms with Gasteiger partial charge in [-0.25, -0.2) is 13.2 Å². The minimum atomic E-state index is -4.13. The lowest BCUT2D eigenvalue weighted by Gasteiger charge is -2.21. The molecule has 0 radical (unpaired) electrons. The molecule has 0 saturated heterocycles. The summed E-state index contributed by atoms with van der Waals surface area (Å²) in [4.78, 5) is 12.6. The fourth-order valence-corrected chi connectivity index (χ4v) is 2.67. The van der Waals surface area contributed by atoms with Crippen LogP contribution in [0.3, 0.4) is 0 Å². The van der Waals surface area contributed by atoms with Crippen molar-refractivity contribution in [3.8, 4) is 0 Å². The van der Waals surface area contributed by atoms with Crippen LogP contribution in [0.1, 0.15) is 46.5 Å². The van der Waals surface area contributed by atoms with Crippen molar-refractivity contribution in [3.05, 3.63) is 12.2 Å². The normalized spacial score (nSPS) is 14.3. The van der Waals surface area contributed by atoms with Crippen LogP contribution < -0.4 is 4.90 Å². The molecule has 0 aromatic rings. The summed E-state index contributed by atoms with van der Waals surface area (Å²) in [7, 11) is -4.13. The molecule has 23 heavy (non-hydrogen) atoms. The molecular formula is C16H31NO5S. The van der Waals surface area contributed by atoms with E-state index in [1.807, 2.05) is 6.92 Å². The van der Waals surface area contributed by atoms with Gasteiger partial charge >= 0.3 is 5.97 Å². The van der Waals surface area contributed by atoms with E-state index >= 15 is 0 Å². The van der Waals surface area contributed by atoms with Crippen molar-refractivity contribution in [2.24, 2.45) is 5.92 Å². The van der Waals surface area contributed by atoms with Crippen LogP contribution in [-0.4, -0.2) is 50.9 Å². The molecule has 0 spiro atoms. The number of esters is 1. The first-order valence-electron chi connectivity index (χ1n) is 8.25. The molecule has 2 unspecified atom stereocenters. The molecule has 0 aromatic heterocycles. The Morgan fingerprint density at radius 1 is 1.26 bits per heavy atom. The molecular weight excluding hydrogens is 318 g/mol. The maximum absolute atomic E-state index is 11.3. The van der Waals surface area contributed by atoms with Gasteiger partial charge in [0.2, 0.25) is 0 Å². The molecule has 2 atom stereocenters. The lowest BCUT2D eigenvalue weighted by atomic mass is 10.1. The lowest BCUT2D eigenvalue weighted by Crippen LogP contribution is -3.12. The topological polar surface area (TPSA) is 87.9 Å². The molecule has 1 N–H and O–H groups in total. The van der Waals surface area contributed by atoms with Crippen molar-refractivity contribution in [3.63, 3.8) is 0 Å². The van der Waals surface area contributed by atoms with Gasteiger partial charge in [-0.2, -0.15) is 0 Å². The summed E-state index contributed by atoms with van der Waals surface area (Å²) in [5, 5.41) is 0. The number of hydrogen-bond donors (Lipinski definition) is 1. The Hall–Kier alpha value is -0.920. The highest BCUT2D eigenvalue weighted by atomic mass is 32.2. The Morgan fingerprint density at radius 3 is 2.39 bits per heavy atom. The molecule has 0 bridgehead atoms. The first kappa shape index (κ1) is 22.1. The minimum Gasteiger partial charge on any atom is -0.748 e. The number of unbranched alkanes of at least 4 members (excludes halogenated alkanes) is 1. The number of carbonyl (C=O) groups excluding carboxylic acids is 1. The van der Waals surface area contributed by atoms with E-state index in [1.54, 1.807) is 6.92 Å². The third-order valence-corrected chi connectivity index (χ3v) is 4.44. The summed E-state index contributed by atoms with van der Waals surface area (Å²) in [6.07, 6.45) is 3.42. The standard InChI is InChI=1S/C16H31NO5S/c1-5-6-9-17(10-7-12-23(19,20)21)11-8-15(4)13-22-16(18)14(2)3/h15H,2,5-13H2,1,3-4H3,(H,19,20,21). The predicted molar refractivity (Wildman–Crippen MR) is 89.2 cm³/mol. The summed E-state index contributed by atoms with van der Waals surface area (Å²) in [5.41, 5.74) is 0.395. The highest BCUT2D eigenvalue weighted by molar-refractivity contribution is 7.85. The van der Waals surface area contributed by atoms with Crippen LogP contribution in [0.5, 0.6) is 0 Å². The number of rotatable bonds is 13. The van der Waals surface area contributed by atoms with E-state index in [-0.39, 0.29) is 17.6 Å². The van der Waals surface area contributed by atoms with E-state index in [2.05, 4.69) is 13.5 Å². The maximum atomic E-state index is 11.3. The average molecular weight is 349 g/mol. The van der Waals surface area contributed by atoms with Gasteiger partial charge in [0, 0.05) is 24.2 Å². The second-order valence-corrected chi connectivity index (χ2v) is 7.77. The van der Waals surface area contributed by atoms with E-state index in [1.165, 1.54) is 4.90 Å². The SMILES string of the molecule is C=C(C)C(=O)OCC(C)CC[NH+](CCCC)CCCS(=O)(=O)[O-]. The smallest absolute Gasteiger partial charge is 0.333 e. The molecule has 0 aromatic carbocycles. The summed E-state index contributed by atoms with van der Waals surface area (Å²) in [5.74, 6) is -0.431. The molecule has 0 fully saturated rings. The third-order valence-electron chi connectivity index (χ3n) is 3.65. The summed E-state index contributed by atoms with van der Waals surface area (Å²) in [6, 6.07) is 0. The molecule has 6 nitrogen and oxygen atoms in total. The fraction of sp³-hybridized carbons (Fsp3) is 0.812. The first-order chi connectivity index (χ1) is 10.7. The zero-order valence-corrected chi connectivity index (χ0v) is 15.4. The van der Waals surface area contributed by atoms with Crippen molar-refractivity contribution < 1.29 is 27.4 Å². The van der Waals surface area contributed by atoms with Gasteiger partial charge in [0.25, 0.3) is 0 Å². The highest BCUT2D eigenvalue weighted by Gasteiger charge is 2.13.